The van der Waals surface area contributed by atoms with Gasteiger partial charge < -0.3 is 15.5 Å². The fraction of sp³-hybridized carbons (Fsp3) is 0.417. The number of carbonyl (C=O) groups is 3. The van der Waals surface area contributed by atoms with E-state index in [2.05, 4.69) is 25.6 Å². The Balaban J connectivity index is 2.14. The fourth-order valence-electron chi connectivity index (χ4n) is 2.20. The van der Waals surface area contributed by atoms with Gasteiger partial charge in [0.05, 0.1) is 6.04 Å². The number of rotatable bonds is 7. The van der Waals surface area contributed by atoms with Crippen molar-refractivity contribution in [2.45, 2.75) is 19.0 Å². The summed E-state index contributed by atoms with van der Waals surface area (Å²) in [6.45, 7) is 1.33. The third kappa shape index (κ3) is 4.52. The topological polar surface area (TPSA) is 167 Å². The molecule has 2 heterocycles. The molecule has 1 fully saturated rings. The van der Waals surface area contributed by atoms with Crippen LogP contribution >= 0.6 is 22.9 Å². The number of halogens is 1. The summed E-state index contributed by atoms with van der Waals surface area (Å²) < 4.78 is 31.4. The van der Waals surface area contributed by atoms with Crippen molar-refractivity contribution in [1.29, 1.82) is 0 Å². The van der Waals surface area contributed by atoms with E-state index in [-0.39, 0.29) is 26.7 Å². The molecule has 0 aromatic carbocycles. The maximum atomic E-state index is 12.4. The van der Waals surface area contributed by atoms with Crippen LogP contribution in [0.4, 0.5) is 5.13 Å². The number of nitrogens with zero attached hydrogens (tertiary/aromatic N) is 3. The molecular weight excluding hydrogens is 426 g/mol. The van der Waals surface area contributed by atoms with E-state index in [4.69, 9.17) is 16.2 Å². The average molecular weight is 440 g/mol. The molecule has 15 heteroatoms. The highest BCUT2D eigenvalue weighted by atomic mass is 35.5. The molecule has 1 aliphatic rings. The quantitative estimate of drug-likeness (QED) is 0.163. The van der Waals surface area contributed by atoms with E-state index in [1.54, 1.807) is 0 Å². The molecule has 2 unspecified atom stereocenters. The lowest BCUT2D eigenvalue weighted by Crippen LogP contribution is -2.71. The molecule has 0 aliphatic carbocycles. The van der Waals surface area contributed by atoms with Crippen molar-refractivity contribution in [2.75, 3.05) is 18.3 Å². The molecule has 2 rings (SSSR count). The number of hydrogen-bond acceptors (Lipinski definition) is 9. The molecule has 0 radical (unpaired) electrons. The summed E-state index contributed by atoms with van der Waals surface area (Å²) in [7, 11) is -3.52. The number of hydrogen-bond donors (Lipinski definition) is 3. The van der Waals surface area contributed by atoms with E-state index in [1.807, 2.05) is 0 Å². The zero-order chi connectivity index (χ0) is 20.4. The van der Waals surface area contributed by atoms with Crippen LogP contribution in [-0.4, -0.2) is 70.8 Å². The summed E-state index contributed by atoms with van der Waals surface area (Å²) in [5, 5.41) is 9.84. The molecule has 1 aromatic heterocycles. The number of aromatic nitrogens is 1. The smallest absolute Gasteiger partial charge is 0.362 e. The van der Waals surface area contributed by atoms with Gasteiger partial charge in [0, 0.05) is 5.38 Å². The van der Waals surface area contributed by atoms with Gasteiger partial charge in [-0.2, -0.15) is 8.42 Å². The van der Waals surface area contributed by atoms with E-state index in [9.17, 15) is 22.8 Å². The predicted octanol–water partition coefficient (Wildman–Crippen LogP) is -0.811. The van der Waals surface area contributed by atoms with Gasteiger partial charge in [-0.25, -0.2) is 9.29 Å². The number of oxime groups is 1. The van der Waals surface area contributed by atoms with E-state index >= 15 is 0 Å². The number of nitrogens with one attached hydrogen (secondary N) is 2. The lowest BCUT2D eigenvalue weighted by atomic mass is 10.0. The first-order chi connectivity index (χ1) is 12.6. The Morgan fingerprint density at radius 3 is 2.70 bits per heavy atom. The minimum Gasteiger partial charge on any atom is -0.398 e. The number of thiazole rings is 1. The highest BCUT2D eigenvalue weighted by Crippen LogP contribution is 2.23. The molecule has 27 heavy (non-hydrogen) atoms. The summed E-state index contributed by atoms with van der Waals surface area (Å²) in [5.41, 5.74) is -0.249. The van der Waals surface area contributed by atoms with Crippen molar-refractivity contribution in [1.82, 2.24) is 14.6 Å². The van der Waals surface area contributed by atoms with E-state index in [0.29, 0.717) is 0 Å². The van der Waals surface area contributed by atoms with E-state index in [0.717, 1.165) is 11.3 Å². The lowest BCUT2D eigenvalue weighted by Gasteiger charge is -2.42. The Morgan fingerprint density at radius 1 is 1.52 bits per heavy atom. The molecule has 148 valence electrons. The second-order valence-corrected chi connectivity index (χ2v) is 7.56. The van der Waals surface area contributed by atoms with Crippen LogP contribution in [0.1, 0.15) is 12.6 Å². The maximum Gasteiger partial charge on any atom is 0.362 e. The van der Waals surface area contributed by atoms with Crippen LogP contribution in [0.3, 0.4) is 0 Å². The standard InChI is InChI=1S/C12H14ClN5O7S2/c1-5-8(11(21)18(5)27(22,23)24)16-10(20)9(17-25-2)6-4-26-12(14-6)15-7(19)3-13/h4-5,8H,3H2,1-2H3,(H,16,20)(H,14,15,19)(H,22,23,24)/b17-9-. The van der Waals surface area contributed by atoms with Crippen LogP contribution in [-0.2, 0) is 29.5 Å². The number of amides is 3. The Labute approximate surface area is 162 Å². The molecule has 1 aliphatic heterocycles. The summed E-state index contributed by atoms with van der Waals surface area (Å²) in [4.78, 5) is 44.2. The second-order valence-electron chi connectivity index (χ2n) is 5.15. The minimum absolute atomic E-state index is 0.0512. The highest BCUT2D eigenvalue weighted by Gasteiger charge is 2.51. The summed E-state index contributed by atoms with van der Waals surface area (Å²) in [6.07, 6.45) is 0. The molecule has 2 atom stereocenters. The summed E-state index contributed by atoms with van der Waals surface area (Å²) in [5.74, 6) is -2.63. The minimum atomic E-state index is -4.71. The Bertz CT molecular complexity index is 900. The predicted molar refractivity (Wildman–Crippen MR) is 94.8 cm³/mol. The normalized spacial score (nSPS) is 20.1. The third-order valence-electron chi connectivity index (χ3n) is 3.38. The van der Waals surface area contributed by atoms with Crippen molar-refractivity contribution in [2.24, 2.45) is 5.16 Å². The molecule has 1 saturated heterocycles. The molecule has 3 amide bonds. The van der Waals surface area contributed by atoms with Gasteiger partial charge in [-0.1, -0.05) is 5.16 Å². The molecule has 12 nitrogen and oxygen atoms in total. The number of alkyl halides is 1. The van der Waals surface area contributed by atoms with Gasteiger partial charge in [0.1, 0.15) is 24.7 Å². The van der Waals surface area contributed by atoms with Crippen LogP contribution in [0.15, 0.2) is 10.5 Å². The molecule has 0 bridgehead atoms. The molecule has 0 saturated carbocycles. The SMILES string of the molecule is CO/N=C(\C(=O)NC1C(=O)N(S(=O)(=O)O)C1C)c1csc(NC(=O)CCl)n1. The number of anilines is 1. The van der Waals surface area contributed by atoms with Gasteiger partial charge in [-0.05, 0) is 6.92 Å². The van der Waals surface area contributed by atoms with Gasteiger partial charge in [0.15, 0.2) is 10.8 Å². The Kier molecular flexibility index (Phi) is 6.35. The maximum absolute atomic E-state index is 12.4. The zero-order valence-electron chi connectivity index (χ0n) is 13.9. The first-order valence-corrected chi connectivity index (χ1v) is 9.95. The van der Waals surface area contributed by atoms with Gasteiger partial charge in [-0.15, -0.1) is 22.9 Å². The first-order valence-electron chi connectivity index (χ1n) is 7.14. The molecule has 1 aromatic rings. The molecule has 0 spiro atoms. The van der Waals surface area contributed by atoms with Crippen LogP contribution in [0.2, 0.25) is 0 Å². The first kappa shape index (κ1) is 21.0. The van der Waals surface area contributed by atoms with Crippen LogP contribution in [0.25, 0.3) is 0 Å². The third-order valence-corrected chi connectivity index (χ3v) is 5.39. The molecular formula is C12H14ClN5O7S2. The number of carbonyl (C=O) groups excluding carboxylic acids is 3. The van der Waals surface area contributed by atoms with Gasteiger partial charge in [-0.3, -0.25) is 18.9 Å². The van der Waals surface area contributed by atoms with Crippen molar-refractivity contribution in [3.8, 4) is 0 Å². The Hall–Kier alpha value is -2.29. The van der Waals surface area contributed by atoms with Crippen molar-refractivity contribution >= 4 is 61.8 Å². The van der Waals surface area contributed by atoms with Crippen molar-refractivity contribution in [3.63, 3.8) is 0 Å². The van der Waals surface area contributed by atoms with E-state index in [1.165, 1.54) is 19.4 Å². The monoisotopic (exact) mass is 439 g/mol. The highest BCUT2D eigenvalue weighted by molar-refractivity contribution is 7.84. The van der Waals surface area contributed by atoms with Crippen LogP contribution < -0.4 is 10.6 Å². The number of β-lactam (4-membered cyclic amide) rings is 1. The van der Waals surface area contributed by atoms with Crippen LogP contribution in [0.5, 0.6) is 0 Å². The second kappa shape index (κ2) is 8.16. The largest absolute Gasteiger partial charge is 0.398 e. The average Bonchev–Trinajstić information content (AvgIpc) is 3.04. The fourth-order valence-corrected chi connectivity index (χ4v) is 3.86. The van der Waals surface area contributed by atoms with Gasteiger partial charge >= 0.3 is 10.3 Å². The lowest BCUT2D eigenvalue weighted by molar-refractivity contribution is -0.143. The van der Waals surface area contributed by atoms with Gasteiger partial charge in [0.2, 0.25) is 5.91 Å². The zero-order valence-corrected chi connectivity index (χ0v) is 16.3. The van der Waals surface area contributed by atoms with Crippen molar-refractivity contribution < 1.29 is 32.2 Å². The summed E-state index contributed by atoms with van der Waals surface area (Å²) in [6, 6.07) is -2.18. The van der Waals surface area contributed by atoms with Gasteiger partial charge in [0.25, 0.3) is 11.8 Å². The van der Waals surface area contributed by atoms with Crippen molar-refractivity contribution in [3.05, 3.63) is 11.1 Å². The van der Waals surface area contributed by atoms with E-state index < -0.39 is 40.1 Å². The Morgan fingerprint density at radius 2 is 2.19 bits per heavy atom. The van der Waals surface area contributed by atoms with Crippen LogP contribution in [0, 0.1) is 0 Å². The summed E-state index contributed by atoms with van der Waals surface area (Å²) >= 11 is 6.39. The molecule has 3 N–H and O–H groups in total.